The number of hydrogen-bond acceptors (Lipinski definition) is 2. The monoisotopic (exact) mass is 129 g/mol. The van der Waals surface area contributed by atoms with E-state index in [-0.39, 0.29) is 12.6 Å². The van der Waals surface area contributed by atoms with E-state index in [9.17, 15) is 0 Å². The van der Waals surface area contributed by atoms with Crippen LogP contribution in [0.1, 0.15) is 25.7 Å². The van der Waals surface area contributed by atoms with Crippen molar-refractivity contribution in [3.8, 4) is 0 Å². The first-order chi connectivity index (χ1) is 4.34. The van der Waals surface area contributed by atoms with Crippen molar-refractivity contribution in [2.24, 2.45) is 11.7 Å². The second-order valence-corrected chi connectivity index (χ2v) is 2.89. The predicted molar refractivity (Wildman–Crippen MR) is 37.0 cm³/mol. The van der Waals surface area contributed by atoms with Gasteiger partial charge in [-0.15, -0.1) is 0 Å². The molecule has 0 amide bonds. The van der Waals surface area contributed by atoms with E-state index in [4.69, 9.17) is 10.8 Å². The lowest BCUT2D eigenvalue weighted by atomic mass is 9.86. The summed E-state index contributed by atoms with van der Waals surface area (Å²) < 4.78 is 0. The quantitative estimate of drug-likeness (QED) is 0.541. The van der Waals surface area contributed by atoms with Gasteiger partial charge in [-0.05, 0) is 18.8 Å². The van der Waals surface area contributed by atoms with Crippen LogP contribution in [0, 0.1) is 5.92 Å². The minimum atomic E-state index is 0.267. The third-order valence-electron chi connectivity index (χ3n) is 2.20. The summed E-state index contributed by atoms with van der Waals surface area (Å²) in [6.45, 7) is 0.279. The highest BCUT2D eigenvalue weighted by Gasteiger charge is 2.19. The van der Waals surface area contributed by atoms with E-state index in [1.807, 2.05) is 0 Å². The molecule has 1 rings (SSSR count). The lowest BCUT2D eigenvalue weighted by Gasteiger charge is -2.26. The molecule has 0 heterocycles. The van der Waals surface area contributed by atoms with Crippen molar-refractivity contribution in [3.63, 3.8) is 0 Å². The minimum absolute atomic E-state index is 0.267. The summed E-state index contributed by atoms with van der Waals surface area (Å²) in [4.78, 5) is 0. The molecule has 1 aliphatic carbocycles. The highest BCUT2D eigenvalue weighted by atomic mass is 16.3. The molecule has 54 valence electrons. The van der Waals surface area contributed by atoms with Crippen molar-refractivity contribution >= 4 is 0 Å². The lowest BCUT2D eigenvalue weighted by Crippen LogP contribution is -2.34. The Labute approximate surface area is 56.1 Å². The molecule has 0 spiro atoms. The number of hydrogen-bond donors (Lipinski definition) is 2. The second-order valence-electron chi connectivity index (χ2n) is 2.89. The van der Waals surface area contributed by atoms with Gasteiger partial charge in [0.05, 0.1) is 0 Å². The van der Waals surface area contributed by atoms with E-state index in [1.165, 1.54) is 12.8 Å². The zero-order valence-electron chi connectivity index (χ0n) is 5.71. The van der Waals surface area contributed by atoms with Gasteiger partial charge >= 0.3 is 0 Å². The Kier molecular flexibility index (Phi) is 2.49. The van der Waals surface area contributed by atoms with Crippen LogP contribution in [0.15, 0.2) is 0 Å². The standard InChI is InChI=1S/C7H15NO/c8-7-4-2-1-3-6(7)5-9/h6-7,9H,1-5,8H2/t6?,7-/m0/s1. The maximum absolute atomic E-state index is 8.78. The Bertz CT molecular complexity index is 85.0. The maximum atomic E-state index is 8.78. The van der Waals surface area contributed by atoms with Crippen LogP contribution < -0.4 is 5.73 Å². The van der Waals surface area contributed by atoms with Gasteiger partial charge in [-0.2, -0.15) is 0 Å². The van der Waals surface area contributed by atoms with E-state index in [0.29, 0.717) is 5.92 Å². The van der Waals surface area contributed by atoms with Gasteiger partial charge in [-0.3, -0.25) is 0 Å². The first-order valence-electron chi connectivity index (χ1n) is 3.71. The van der Waals surface area contributed by atoms with E-state index < -0.39 is 0 Å². The summed E-state index contributed by atoms with van der Waals surface area (Å²) in [6, 6.07) is 0.267. The van der Waals surface area contributed by atoms with Gasteiger partial charge in [0, 0.05) is 12.6 Å². The van der Waals surface area contributed by atoms with Crippen molar-refractivity contribution < 1.29 is 5.11 Å². The Hall–Kier alpha value is -0.0800. The lowest BCUT2D eigenvalue weighted by molar-refractivity contribution is 0.171. The molecule has 0 bridgehead atoms. The van der Waals surface area contributed by atoms with Gasteiger partial charge in [-0.25, -0.2) is 0 Å². The van der Waals surface area contributed by atoms with Crippen molar-refractivity contribution in [1.29, 1.82) is 0 Å². The molecule has 0 aromatic heterocycles. The molecule has 0 aromatic rings. The van der Waals surface area contributed by atoms with Crippen LogP contribution in [-0.4, -0.2) is 17.8 Å². The van der Waals surface area contributed by atoms with E-state index in [1.54, 1.807) is 0 Å². The minimum Gasteiger partial charge on any atom is -0.396 e. The van der Waals surface area contributed by atoms with Gasteiger partial charge in [0.25, 0.3) is 0 Å². The molecule has 0 radical (unpaired) electrons. The van der Waals surface area contributed by atoms with Crippen LogP contribution in [0.3, 0.4) is 0 Å². The second kappa shape index (κ2) is 3.18. The molecule has 1 saturated carbocycles. The summed E-state index contributed by atoms with van der Waals surface area (Å²) in [5.74, 6) is 0.388. The first kappa shape index (κ1) is 7.03. The number of rotatable bonds is 1. The van der Waals surface area contributed by atoms with Gasteiger partial charge in [-0.1, -0.05) is 12.8 Å². The zero-order chi connectivity index (χ0) is 6.69. The molecule has 0 saturated heterocycles. The van der Waals surface area contributed by atoms with Crippen molar-refractivity contribution in [1.82, 2.24) is 0 Å². The van der Waals surface area contributed by atoms with Crippen molar-refractivity contribution in [2.75, 3.05) is 6.61 Å². The average Bonchev–Trinajstić information content (AvgIpc) is 1.89. The van der Waals surface area contributed by atoms with Crippen LogP contribution in [0.2, 0.25) is 0 Å². The van der Waals surface area contributed by atoms with Crippen LogP contribution in [0.5, 0.6) is 0 Å². The van der Waals surface area contributed by atoms with E-state index >= 15 is 0 Å². The topological polar surface area (TPSA) is 46.2 Å². The molecular weight excluding hydrogens is 114 g/mol. The van der Waals surface area contributed by atoms with Crippen LogP contribution in [0.4, 0.5) is 0 Å². The summed E-state index contributed by atoms with van der Waals surface area (Å²) in [7, 11) is 0. The smallest absolute Gasteiger partial charge is 0.0474 e. The molecule has 0 aromatic carbocycles. The van der Waals surface area contributed by atoms with Crippen molar-refractivity contribution in [3.05, 3.63) is 0 Å². The normalized spacial score (nSPS) is 36.7. The fourth-order valence-electron chi connectivity index (χ4n) is 1.46. The summed E-state index contributed by atoms with van der Waals surface area (Å²) in [5, 5.41) is 8.78. The molecular formula is C7H15NO. The highest BCUT2D eigenvalue weighted by Crippen LogP contribution is 2.21. The third kappa shape index (κ3) is 1.66. The maximum Gasteiger partial charge on any atom is 0.0474 e. The molecule has 0 aliphatic heterocycles. The molecule has 2 atom stereocenters. The van der Waals surface area contributed by atoms with Crippen LogP contribution in [-0.2, 0) is 0 Å². The molecule has 1 unspecified atom stereocenters. The molecule has 2 nitrogen and oxygen atoms in total. The Morgan fingerprint density at radius 1 is 1.33 bits per heavy atom. The molecule has 1 fully saturated rings. The first-order valence-corrected chi connectivity index (χ1v) is 3.71. The fraction of sp³-hybridized carbons (Fsp3) is 1.00. The third-order valence-corrected chi connectivity index (χ3v) is 2.20. The molecule has 2 heteroatoms. The summed E-state index contributed by atoms with van der Waals surface area (Å²) in [6.07, 6.45) is 4.72. The van der Waals surface area contributed by atoms with Gasteiger partial charge in [0.15, 0.2) is 0 Å². The zero-order valence-corrected chi connectivity index (χ0v) is 5.71. The number of nitrogens with two attached hydrogens (primary N) is 1. The van der Waals surface area contributed by atoms with Gasteiger partial charge < -0.3 is 10.8 Å². The number of aliphatic hydroxyl groups excluding tert-OH is 1. The molecule has 1 aliphatic rings. The van der Waals surface area contributed by atoms with E-state index in [2.05, 4.69) is 0 Å². The number of aliphatic hydroxyl groups is 1. The fourth-order valence-corrected chi connectivity index (χ4v) is 1.46. The molecule has 3 N–H and O–H groups in total. The van der Waals surface area contributed by atoms with Crippen LogP contribution >= 0.6 is 0 Å². The SMILES string of the molecule is N[C@H]1CCCCC1CO. The highest BCUT2D eigenvalue weighted by molar-refractivity contribution is 4.76. The largest absolute Gasteiger partial charge is 0.396 e. The summed E-state index contributed by atoms with van der Waals surface area (Å²) >= 11 is 0. The molecule has 9 heavy (non-hydrogen) atoms. The average molecular weight is 129 g/mol. The van der Waals surface area contributed by atoms with E-state index in [0.717, 1.165) is 12.8 Å². The predicted octanol–water partition coefficient (Wildman–Crippen LogP) is 0.496. The summed E-state index contributed by atoms with van der Waals surface area (Å²) in [5.41, 5.74) is 5.73. The Morgan fingerprint density at radius 2 is 2.00 bits per heavy atom. The Morgan fingerprint density at radius 3 is 2.44 bits per heavy atom. The van der Waals surface area contributed by atoms with Gasteiger partial charge in [0.2, 0.25) is 0 Å². The Balaban J connectivity index is 2.30. The van der Waals surface area contributed by atoms with Crippen LogP contribution in [0.25, 0.3) is 0 Å². The van der Waals surface area contributed by atoms with Crippen molar-refractivity contribution in [2.45, 2.75) is 31.7 Å². The van der Waals surface area contributed by atoms with Gasteiger partial charge in [0.1, 0.15) is 0 Å².